The number of aryl methyl sites for hydroxylation is 1. The van der Waals surface area contributed by atoms with Crippen molar-refractivity contribution in [2.24, 2.45) is 5.92 Å². The largest absolute Gasteiger partial charge is 0.507 e. The van der Waals surface area contributed by atoms with E-state index in [0.29, 0.717) is 17.1 Å². The number of halogens is 1. The van der Waals surface area contributed by atoms with E-state index in [1.54, 1.807) is 12.4 Å². The van der Waals surface area contributed by atoms with Crippen LogP contribution in [0.15, 0.2) is 42.9 Å². The summed E-state index contributed by atoms with van der Waals surface area (Å²) in [5.41, 5.74) is 2.46. The SMILES string of the molecule is Cc1cn(-c2ccc(-c3ccc(N(C)C4C(F)[C@]5(C)CC[C@H]4CN5C)nn3)c(O)c2)cn1. The molecular weight excluding hydrogens is 407 g/mol. The molecule has 2 unspecified atom stereocenters. The molecule has 7 nitrogen and oxygen atoms in total. The first-order valence-electron chi connectivity index (χ1n) is 11.0. The Balaban J connectivity index is 1.38. The molecule has 168 valence electrons. The summed E-state index contributed by atoms with van der Waals surface area (Å²) in [5.74, 6) is 1.03. The Morgan fingerprint density at radius 2 is 2.03 bits per heavy atom. The first kappa shape index (κ1) is 20.9. The maximum atomic E-state index is 15.5. The second-order valence-electron chi connectivity index (χ2n) is 9.44. The maximum absolute atomic E-state index is 15.5. The zero-order valence-electron chi connectivity index (χ0n) is 18.9. The van der Waals surface area contributed by atoms with Crippen molar-refractivity contribution in [1.82, 2.24) is 24.6 Å². The second-order valence-corrected chi connectivity index (χ2v) is 9.44. The molecule has 2 bridgehead atoms. The predicted molar refractivity (Wildman–Crippen MR) is 122 cm³/mol. The molecule has 3 fully saturated rings. The van der Waals surface area contributed by atoms with Gasteiger partial charge in [0.15, 0.2) is 5.82 Å². The third kappa shape index (κ3) is 3.24. The van der Waals surface area contributed by atoms with E-state index < -0.39 is 11.7 Å². The van der Waals surface area contributed by atoms with Crippen molar-refractivity contribution in [3.8, 4) is 22.7 Å². The van der Waals surface area contributed by atoms with Gasteiger partial charge < -0.3 is 14.6 Å². The molecule has 8 heteroatoms. The van der Waals surface area contributed by atoms with Crippen LogP contribution in [0.2, 0.25) is 0 Å². The van der Waals surface area contributed by atoms with Gasteiger partial charge in [-0.3, -0.25) is 4.90 Å². The standard InChI is InChI=1S/C24H29FN6O/c1-15-12-31(14-26-15)17-5-6-18(20(32)11-17)19-7-8-21(28-27-19)30(4)22-16-9-10-24(2,23(22)25)29(3)13-16/h5-8,11-12,14,16,22-23,32H,9-10,13H2,1-4H3/t16-,22?,23?,24-/m0/s1. The smallest absolute Gasteiger partial charge is 0.151 e. The van der Waals surface area contributed by atoms with E-state index in [1.807, 2.05) is 67.9 Å². The van der Waals surface area contributed by atoms with Crippen LogP contribution in [0.1, 0.15) is 25.5 Å². The Bertz CT molecular complexity index is 1130. The highest BCUT2D eigenvalue weighted by atomic mass is 19.1. The average Bonchev–Trinajstić information content (AvgIpc) is 3.22. The number of aromatic hydroxyl groups is 1. The van der Waals surface area contributed by atoms with E-state index in [1.165, 1.54) is 0 Å². The normalized spacial score (nSPS) is 27.6. The highest BCUT2D eigenvalue weighted by molar-refractivity contribution is 5.69. The minimum atomic E-state index is -0.949. The average molecular weight is 437 g/mol. The molecule has 4 atom stereocenters. The maximum Gasteiger partial charge on any atom is 0.151 e. The lowest BCUT2D eigenvalue weighted by Crippen LogP contribution is -2.70. The molecular formula is C24H29FN6O. The number of nitrogens with zero attached hydrogens (tertiary/aromatic N) is 6. The highest BCUT2D eigenvalue weighted by Gasteiger charge is 2.55. The summed E-state index contributed by atoms with van der Waals surface area (Å²) in [6.07, 6.45) is 4.57. The summed E-state index contributed by atoms with van der Waals surface area (Å²) in [4.78, 5) is 8.34. The van der Waals surface area contributed by atoms with Gasteiger partial charge in [0, 0.05) is 31.4 Å². The fourth-order valence-corrected chi connectivity index (χ4v) is 5.34. The topological polar surface area (TPSA) is 70.3 Å². The Kier molecular flexibility index (Phi) is 4.93. The third-order valence-electron chi connectivity index (χ3n) is 7.50. The van der Waals surface area contributed by atoms with Crippen LogP contribution in [-0.4, -0.2) is 68.1 Å². The van der Waals surface area contributed by atoms with Crippen LogP contribution in [0.4, 0.5) is 10.2 Å². The summed E-state index contributed by atoms with van der Waals surface area (Å²) in [5, 5.41) is 19.3. The molecule has 0 radical (unpaired) electrons. The van der Waals surface area contributed by atoms with E-state index in [-0.39, 0.29) is 17.7 Å². The highest BCUT2D eigenvalue weighted by Crippen LogP contribution is 2.46. The van der Waals surface area contributed by atoms with E-state index >= 15 is 4.39 Å². The van der Waals surface area contributed by atoms with Gasteiger partial charge in [0.1, 0.15) is 11.9 Å². The van der Waals surface area contributed by atoms with Crippen LogP contribution in [0.25, 0.3) is 16.9 Å². The molecule has 1 aromatic carbocycles. The van der Waals surface area contributed by atoms with Gasteiger partial charge in [0.2, 0.25) is 0 Å². The number of phenolic OH excluding ortho intramolecular Hbond substituents is 1. The fraction of sp³-hybridized carbons (Fsp3) is 0.458. The van der Waals surface area contributed by atoms with E-state index in [9.17, 15) is 5.11 Å². The van der Waals surface area contributed by atoms with Crippen LogP contribution in [0.5, 0.6) is 5.75 Å². The number of hydrogen-bond acceptors (Lipinski definition) is 6. The number of anilines is 1. The quantitative estimate of drug-likeness (QED) is 0.674. The van der Waals surface area contributed by atoms with Crippen molar-refractivity contribution in [3.05, 3.63) is 48.5 Å². The lowest BCUT2D eigenvalue weighted by molar-refractivity contribution is -0.0816. The van der Waals surface area contributed by atoms with Crippen molar-refractivity contribution >= 4 is 5.82 Å². The summed E-state index contributed by atoms with van der Waals surface area (Å²) in [6.45, 7) is 4.84. The minimum Gasteiger partial charge on any atom is -0.507 e. The van der Waals surface area contributed by atoms with Gasteiger partial charge in [-0.2, -0.15) is 0 Å². The Morgan fingerprint density at radius 3 is 2.66 bits per heavy atom. The molecule has 4 heterocycles. The van der Waals surface area contributed by atoms with Crippen molar-refractivity contribution in [1.29, 1.82) is 0 Å². The molecule has 1 aliphatic carbocycles. The molecule has 2 saturated heterocycles. The number of phenols is 1. The van der Waals surface area contributed by atoms with Crippen molar-refractivity contribution < 1.29 is 9.50 Å². The van der Waals surface area contributed by atoms with Crippen molar-refractivity contribution in [2.45, 2.75) is 44.4 Å². The number of piperidine rings is 2. The van der Waals surface area contributed by atoms with Gasteiger partial charge >= 0.3 is 0 Å². The lowest BCUT2D eigenvalue weighted by atomic mass is 9.67. The van der Waals surface area contributed by atoms with Crippen molar-refractivity contribution in [2.75, 3.05) is 25.5 Å². The van der Waals surface area contributed by atoms with E-state index in [2.05, 4.69) is 20.1 Å². The summed E-state index contributed by atoms with van der Waals surface area (Å²) >= 11 is 0. The Labute approximate surface area is 187 Å². The molecule has 0 amide bonds. The van der Waals surface area contributed by atoms with E-state index in [0.717, 1.165) is 30.8 Å². The van der Waals surface area contributed by atoms with Gasteiger partial charge in [-0.05, 0) is 63.9 Å². The van der Waals surface area contributed by atoms with E-state index in [4.69, 9.17) is 0 Å². The van der Waals surface area contributed by atoms with Crippen LogP contribution in [0, 0.1) is 12.8 Å². The van der Waals surface area contributed by atoms with Gasteiger partial charge in [-0.25, -0.2) is 9.37 Å². The first-order chi connectivity index (χ1) is 15.3. The van der Waals surface area contributed by atoms with Crippen molar-refractivity contribution in [3.63, 3.8) is 0 Å². The fourth-order valence-electron chi connectivity index (χ4n) is 5.34. The number of aromatic nitrogens is 4. The molecule has 32 heavy (non-hydrogen) atoms. The number of fused-ring (bicyclic) bond motifs is 3. The molecule has 1 saturated carbocycles. The van der Waals surface area contributed by atoms with Crippen LogP contribution < -0.4 is 4.90 Å². The minimum absolute atomic E-state index is 0.119. The van der Waals surface area contributed by atoms with Gasteiger partial charge in [0.05, 0.1) is 35.0 Å². The molecule has 1 N–H and O–H groups in total. The molecule has 2 aromatic heterocycles. The molecule has 6 rings (SSSR count). The van der Waals surface area contributed by atoms with Crippen LogP contribution in [-0.2, 0) is 0 Å². The van der Waals surface area contributed by atoms with Gasteiger partial charge in [-0.1, -0.05) is 0 Å². The predicted octanol–water partition coefficient (Wildman–Crippen LogP) is 3.60. The monoisotopic (exact) mass is 436 g/mol. The number of hydrogen-bond donors (Lipinski definition) is 1. The summed E-state index contributed by atoms with van der Waals surface area (Å²) in [7, 11) is 3.93. The lowest BCUT2D eigenvalue weighted by Gasteiger charge is -2.58. The zero-order chi connectivity index (χ0) is 22.6. The van der Waals surface area contributed by atoms with Crippen LogP contribution in [0.3, 0.4) is 0 Å². The van der Waals surface area contributed by atoms with Gasteiger partial charge in [-0.15, -0.1) is 10.2 Å². The first-order valence-corrected chi connectivity index (χ1v) is 11.0. The summed E-state index contributed by atoms with van der Waals surface area (Å²) < 4.78 is 17.4. The Hall–Kier alpha value is -3.00. The third-order valence-corrected chi connectivity index (χ3v) is 7.50. The van der Waals surface area contributed by atoms with Crippen LogP contribution >= 0.6 is 0 Å². The second kappa shape index (κ2) is 7.55. The summed E-state index contributed by atoms with van der Waals surface area (Å²) in [6, 6.07) is 8.88. The molecule has 0 spiro atoms. The number of rotatable bonds is 4. The zero-order valence-corrected chi connectivity index (χ0v) is 18.9. The number of imidazole rings is 1. The molecule has 2 aliphatic heterocycles. The number of alkyl halides is 1. The Morgan fingerprint density at radius 1 is 1.22 bits per heavy atom. The van der Waals surface area contributed by atoms with Gasteiger partial charge in [0.25, 0.3) is 0 Å². The number of benzene rings is 1. The molecule has 3 aromatic rings. The molecule has 3 aliphatic rings.